The monoisotopic (exact) mass is 295 g/mol. The van der Waals surface area contributed by atoms with Crippen LogP contribution in [0, 0.1) is 6.92 Å². The Morgan fingerprint density at radius 1 is 1.37 bits per heavy atom. The van der Waals surface area contributed by atoms with Crippen molar-refractivity contribution in [3.63, 3.8) is 0 Å². The summed E-state index contributed by atoms with van der Waals surface area (Å²) < 4.78 is 1.70. The van der Waals surface area contributed by atoms with Gasteiger partial charge in [0, 0.05) is 29.3 Å². The summed E-state index contributed by atoms with van der Waals surface area (Å²) >= 11 is 7.98. The second-order valence-electron chi connectivity index (χ2n) is 4.57. The largest absolute Gasteiger partial charge is 0.327 e. The van der Waals surface area contributed by atoms with Crippen LogP contribution >= 0.6 is 23.4 Å². The second-order valence-corrected chi connectivity index (χ2v) is 6.02. The van der Waals surface area contributed by atoms with Crippen LogP contribution < -0.4 is 5.73 Å². The molecule has 1 heterocycles. The number of nitrogens with zero attached hydrogens (tertiary/aromatic N) is 2. The highest BCUT2D eigenvalue weighted by Crippen LogP contribution is 2.22. The molecule has 2 rings (SSSR count). The number of thioether (sulfide) groups is 1. The molecule has 0 bridgehead atoms. The van der Waals surface area contributed by atoms with Crippen LogP contribution in [0.5, 0.6) is 0 Å². The molecular formula is C14H18ClN3S. The van der Waals surface area contributed by atoms with E-state index in [9.17, 15) is 0 Å². The van der Waals surface area contributed by atoms with Crippen molar-refractivity contribution in [3.05, 3.63) is 46.7 Å². The van der Waals surface area contributed by atoms with Gasteiger partial charge < -0.3 is 5.73 Å². The molecule has 0 radical (unpaired) electrons. The Morgan fingerprint density at radius 3 is 2.63 bits per heavy atom. The summed E-state index contributed by atoms with van der Waals surface area (Å²) in [6, 6.07) is 10.4. The molecule has 1 unspecified atom stereocenters. The van der Waals surface area contributed by atoms with Crippen molar-refractivity contribution in [2.75, 3.05) is 5.75 Å². The first-order chi connectivity index (χ1) is 9.08. The van der Waals surface area contributed by atoms with Crippen molar-refractivity contribution in [1.82, 2.24) is 9.78 Å². The molecular weight excluding hydrogens is 278 g/mol. The van der Waals surface area contributed by atoms with Gasteiger partial charge in [-0.2, -0.15) is 5.10 Å². The normalized spacial score (nSPS) is 12.6. The lowest BCUT2D eigenvalue weighted by Gasteiger charge is -2.11. The Kier molecular flexibility index (Phi) is 4.91. The maximum atomic E-state index is 6.21. The van der Waals surface area contributed by atoms with Gasteiger partial charge in [0.05, 0.1) is 5.69 Å². The van der Waals surface area contributed by atoms with E-state index < -0.39 is 0 Å². The van der Waals surface area contributed by atoms with E-state index in [1.807, 2.05) is 32.2 Å². The molecule has 0 aliphatic rings. The van der Waals surface area contributed by atoms with Gasteiger partial charge in [0.2, 0.25) is 0 Å². The minimum atomic E-state index is 0.0746. The van der Waals surface area contributed by atoms with Crippen molar-refractivity contribution >= 4 is 23.4 Å². The first kappa shape index (κ1) is 14.4. The minimum Gasteiger partial charge on any atom is -0.327 e. The third kappa shape index (κ3) is 3.75. The number of nitrogens with two attached hydrogens (primary N) is 1. The van der Waals surface area contributed by atoms with Crippen LogP contribution in [0.3, 0.4) is 0 Å². The second kappa shape index (κ2) is 6.46. The summed E-state index contributed by atoms with van der Waals surface area (Å²) in [5, 5.41) is 5.00. The van der Waals surface area contributed by atoms with Gasteiger partial charge >= 0.3 is 0 Å². The van der Waals surface area contributed by atoms with E-state index in [0.29, 0.717) is 5.15 Å². The van der Waals surface area contributed by atoms with E-state index in [0.717, 1.165) is 23.4 Å². The molecule has 5 heteroatoms. The van der Waals surface area contributed by atoms with E-state index in [2.05, 4.69) is 17.2 Å². The Labute approximate surface area is 123 Å². The molecule has 0 aliphatic heterocycles. The Bertz CT molecular complexity index is 539. The number of aryl methyl sites for hydroxylation is 2. The number of hydrogen-bond acceptors (Lipinski definition) is 3. The lowest BCUT2D eigenvalue weighted by Crippen LogP contribution is -2.25. The van der Waals surface area contributed by atoms with E-state index >= 15 is 0 Å². The third-order valence-corrected chi connectivity index (χ3v) is 4.62. The fraction of sp³-hybridized carbons (Fsp3) is 0.357. The molecule has 1 atom stereocenters. The zero-order valence-corrected chi connectivity index (χ0v) is 12.7. The van der Waals surface area contributed by atoms with E-state index in [4.69, 9.17) is 17.3 Å². The molecule has 1 aromatic carbocycles. The number of aromatic nitrogens is 2. The van der Waals surface area contributed by atoms with Gasteiger partial charge in [-0.1, -0.05) is 29.8 Å². The van der Waals surface area contributed by atoms with E-state index in [1.165, 1.54) is 4.90 Å². The van der Waals surface area contributed by atoms with Crippen LogP contribution in [0.4, 0.5) is 0 Å². The molecule has 3 nitrogen and oxygen atoms in total. The summed E-state index contributed by atoms with van der Waals surface area (Å²) in [6.07, 6.45) is 0.762. The van der Waals surface area contributed by atoms with Gasteiger partial charge in [0.15, 0.2) is 0 Å². The maximum Gasteiger partial charge on any atom is 0.130 e. The van der Waals surface area contributed by atoms with Crippen molar-refractivity contribution < 1.29 is 0 Å². The van der Waals surface area contributed by atoms with Crippen LogP contribution in [0.1, 0.15) is 11.3 Å². The molecule has 2 aromatic rings. The molecule has 0 aliphatic carbocycles. The zero-order valence-electron chi connectivity index (χ0n) is 11.1. The summed E-state index contributed by atoms with van der Waals surface area (Å²) in [5.41, 5.74) is 8.21. The Balaban J connectivity index is 1.92. The standard InChI is InChI=1S/C14H18ClN3S/c1-10-13(14(15)18(2)17-10)8-11(16)9-19-12-6-4-3-5-7-12/h3-7,11H,8-9,16H2,1-2H3. The van der Waals surface area contributed by atoms with Gasteiger partial charge in [-0.25, -0.2) is 0 Å². The third-order valence-electron chi connectivity index (χ3n) is 2.94. The van der Waals surface area contributed by atoms with Crippen LogP contribution in [-0.2, 0) is 13.5 Å². The molecule has 19 heavy (non-hydrogen) atoms. The first-order valence-electron chi connectivity index (χ1n) is 6.19. The molecule has 2 N–H and O–H groups in total. The minimum absolute atomic E-state index is 0.0746. The fourth-order valence-electron chi connectivity index (χ4n) is 1.95. The topological polar surface area (TPSA) is 43.8 Å². The average Bonchev–Trinajstić information content (AvgIpc) is 2.64. The van der Waals surface area contributed by atoms with Crippen molar-refractivity contribution in [2.45, 2.75) is 24.3 Å². The highest BCUT2D eigenvalue weighted by molar-refractivity contribution is 7.99. The summed E-state index contributed by atoms with van der Waals surface area (Å²) in [6.45, 7) is 1.97. The summed E-state index contributed by atoms with van der Waals surface area (Å²) in [5.74, 6) is 0.870. The molecule has 0 saturated heterocycles. The quantitative estimate of drug-likeness (QED) is 0.862. The number of benzene rings is 1. The Morgan fingerprint density at radius 2 is 2.05 bits per heavy atom. The van der Waals surface area contributed by atoms with Gasteiger partial charge in [-0.3, -0.25) is 4.68 Å². The van der Waals surface area contributed by atoms with Crippen LogP contribution in [-0.4, -0.2) is 21.6 Å². The highest BCUT2D eigenvalue weighted by atomic mass is 35.5. The zero-order chi connectivity index (χ0) is 13.8. The lowest BCUT2D eigenvalue weighted by molar-refractivity contribution is 0.743. The number of halogens is 1. The SMILES string of the molecule is Cc1nn(C)c(Cl)c1CC(N)CSc1ccccc1. The van der Waals surface area contributed by atoms with Crippen molar-refractivity contribution in [2.24, 2.45) is 12.8 Å². The van der Waals surface area contributed by atoms with Gasteiger partial charge in [0.25, 0.3) is 0 Å². The average molecular weight is 296 g/mol. The van der Waals surface area contributed by atoms with Crippen LogP contribution in [0.2, 0.25) is 5.15 Å². The Hall–Kier alpha value is -0.970. The molecule has 0 amide bonds. The summed E-state index contributed by atoms with van der Waals surface area (Å²) in [4.78, 5) is 1.24. The first-order valence-corrected chi connectivity index (χ1v) is 7.55. The van der Waals surface area contributed by atoms with Gasteiger partial charge in [-0.05, 0) is 25.5 Å². The number of hydrogen-bond donors (Lipinski definition) is 1. The molecule has 1 aromatic heterocycles. The molecule has 0 fully saturated rings. The number of rotatable bonds is 5. The van der Waals surface area contributed by atoms with E-state index in [1.54, 1.807) is 16.4 Å². The van der Waals surface area contributed by atoms with E-state index in [-0.39, 0.29) is 6.04 Å². The molecule has 0 spiro atoms. The van der Waals surface area contributed by atoms with Gasteiger partial charge in [-0.15, -0.1) is 11.8 Å². The smallest absolute Gasteiger partial charge is 0.130 e. The fourth-order valence-corrected chi connectivity index (χ4v) is 3.07. The highest BCUT2D eigenvalue weighted by Gasteiger charge is 2.14. The predicted octanol–water partition coefficient (Wildman–Crippen LogP) is 3.04. The van der Waals surface area contributed by atoms with Crippen molar-refractivity contribution in [3.8, 4) is 0 Å². The van der Waals surface area contributed by atoms with Gasteiger partial charge in [0.1, 0.15) is 5.15 Å². The summed E-state index contributed by atoms with van der Waals surface area (Å²) in [7, 11) is 1.85. The molecule has 102 valence electrons. The lowest BCUT2D eigenvalue weighted by atomic mass is 10.1. The predicted molar refractivity (Wildman–Crippen MR) is 81.8 cm³/mol. The maximum absolute atomic E-state index is 6.21. The molecule has 0 saturated carbocycles. The van der Waals surface area contributed by atoms with Crippen LogP contribution in [0.15, 0.2) is 35.2 Å². The van der Waals surface area contributed by atoms with Crippen LogP contribution in [0.25, 0.3) is 0 Å². The van der Waals surface area contributed by atoms with Crippen molar-refractivity contribution in [1.29, 1.82) is 0 Å².